The first-order valence-electron chi connectivity index (χ1n) is 11.0. The number of H-pyrrole nitrogens is 1. The van der Waals surface area contributed by atoms with Crippen molar-refractivity contribution in [1.29, 1.82) is 0 Å². The number of benzene rings is 2. The Bertz CT molecular complexity index is 1350. The molecule has 3 N–H and O–H groups in total. The summed E-state index contributed by atoms with van der Waals surface area (Å²) in [5.74, 6) is -0.405. The standard InChI is InChI=1S/C26H25N3O3S/c1-15-11-13-16(14-12-15)22-23(17-7-3-5-9-19(17)27-22)28-26(31)29-24-21(25(30)32-2)18-8-4-6-10-20(18)33-24/h3,5,7,9,11-14,27H,4,6,8,10H2,1-2H3,(H2,28,29,31). The molecule has 1 aliphatic carbocycles. The minimum Gasteiger partial charge on any atom is -0.465 e. The number of aromatic amines is 1. The molecule has 6 nitrogen and oxygen atoms in total. The van der Waals surface area contributed by atoms with Crippen molar-refractivity contribution < 1.29 is 14.3 Å². The smallest absolute Gasteiger partial charge is 0.341 e. The van der Waals surface area contributed by atoms with E-state index in [2.05, 4.69) is 15.6 Å². The van der Waals surface area contributed by atoms with Crippen molar-refractivity contribution >= 4 is 44.9 Å². The van der Waals surface area contributed by atoms with E-state index in [1.807, 2.05) is 55.5 Å². The van der Waals surface area contributed by atoms with Crippen LogP contribution in [0.1, 0.15) is 39.2 Å². The number of rotatable bonds is 4. The first-order chi connectivity index (χ1) is 16.0. The molecule has 7 heteroatoms. The maximum absolute atomic E-state index is 13.2. The van der Waals surface area contributed by atoms with Crippen molar-refractivity contribution in [3.05, 3.63) is 70.1 Å². The number of urea groups is 1. The predicted octanol–water partition coefficient (Wildman–Crippen LogP) is 6.51. The number of amides is 2. The lowest BCUT2D eigenvalue weighted by atomic mass is 9.95. The van der Waals surface area contributed by atoms with Gasteiger partial charge in [-0.15, -0.1) is 11.3 Å². The summed E-state index contributed by atoms with van der Waals surface area (Å²) < 4.78 is 5.02. The molecule has 0 atom stereocenters. The number of methoxy groups -OCH3 is 1. The van der Waals surface area contributed by atoms with Gasteiger partial charge in [0.2, 0.25) is 0 Å². The van der Waals surface area contributed by atoms with Crippen molar-refractivity contribution in [1.82, 2.24) is 4.98 Å². The van der Waals surface area contributed by atoms with Gasteiger partial charge >= 0.3 is 12.0 Å². The van der Waals surface area contributed by atoms with Gasteiger partial charge in [0.15, 0.2) is 0 Å². The molecule has 0 radical (unpaired) electrons. The van der Waals surface area contributed by atoms with Crippen LogP contribution in [-0.4, -0.2) is 24.1 Å². The fourth-order valence-corrected chi connectivity index (χ4v) is 5.70. The highest BCUT2D eigenvalue weighted by Gasteiger charge is 2.27. The zero-order chi connectivity index (χ0) is 22.9. The van der Waals surface area contributed by atoms with Gasteiger partial charge in [-0.1, -0.05) is 48.0 Å². The second-order valence-electron chi connectivity index (χ2n) is 8.27. The molecule has 0 saturated heterocycles. The summed E-state index contributed by atoms with van der Waals surface area (Å²) in [5, 5.41) is 7.42. The Morgan fingerprint density at radius 3 is 2.55 bits per heavy atom. The lowest BCUT2D eigenvalue weighted by molar-refractivity contribution is 0.0601. The number of hydrogen-bond donors (Lipinski definition) is 3. The summed E-state index contributed by atoms with van der Waals surface area (Å²) in [4.78, 5) is 30.3. The van der Waals surface area contributed by atoms with Gasteiger partial charge in [0, 0.05) is 21.3 Å². The number of anilines is 2. The van der Waals surface area contributed by atoms with E-state index in [0.717, 1.165) is 58.3 Å². The van der Waals surface area contributed by atoms with Gasteiger partial charge in [0.1, 0.15) is 5.00 Å². The van der Waals surface area contributed by atoms with Crippen LogP contribution in [0.25, 0.3) is 22.2 Å². The first-order valence-corrected chi connectivity index (χ1v) is 11.9. The molecule has 2 aromatic carbocycles. The molecule has 0 fully saturated rings. The van der Waals surface area contributed by atoms with E-state index in [0.29, 0.717) is 16.3 Å². The molecule has 2 heterocycles. The Balaban J connectivity index is 1.49. The third kappa shape index (κ3) is 4.00. The largest absolute Gasteiger partial charge is 0.465 e. The molecule has 4 aromatic rings. The van der Waals surface area contributed by atoms with E-state index in [9.17, 15) is 9.59 Å². The summed E-state index contributed by atoms with van der Waals surface area (Å²) in [6.45, 7) is 2.04. The number of nitrogens with one attached hydrogen (secondary N) is 3. The summed E-state index contributed by atoms with van der Waals surface area (Å²) >= 11 is 1.47. The van der Waals surface area contributed by atoms with Crippen LogP contribution in [0.15, 0.2) is 48.5 Å². The van der Waals surface area contributed by atoms with Crippen molar-refractivity contribution in [3.8, 4) is 11.3 Å². The lowest BCUT2D eigenvalue weighted by Crippen LogP contribution is -2.21. The quantitative estimate of drug-likeness (QED) is 0.304. The Kier molecular flexibility index (Phi) is 5.64. The zero-order valence-electron chi connectivity index (χ0n) is 18.6. The van der Waals surface area contributed by atoms with Gasteiger partial charge < -0.3 is 15.0 Å². The molecule has 168 valence electrons. The Morgan fingerprint density at radius 1 is 1.00 bits per heavy atom. The lowest BCUT2D eigenvalue weighted by Gasteiger charge is -2.12. The average Bonchev–Trinajstić information content (AvgIpc) is 3.37. The van der Waals surface area contributed by atoms with Crippen molar-refractivity contribution in [2.24, 2.45) is 0 Å². The maximum Gasteiger partial charge on any atom is 0.341 e. The van der Waals surface area contributed by atoms with Crippen LogP contribution in [0.5, 0.6) is 0 Å². The minimum atomic E-state index is -0.405. The normalized spacial score (nSPS) is 12.9. The zero-order valence-corrected chi connectivity index (χ0v) is 19.4. The summed E-state index contributed by atoms with van der Waals surface area (Å²) in [6.07, 6.45) is 3.89. The number of carbonyl (C=O) groups excluding carboxylic acids is 2. The molecule has 1 aliphatic rings. The molecule has 33 heavy (non-hydrogen) atoms. The average molecular weight is 460 g/mol. The van der Waals surface area contributed by atoms with Crippen LogP contribution < -0.4 is 10.6 Å². The van der Waals surface area contributed by atoms with Crippen molar-refractivity contribution in [2.75, 3.05) is 17.7 Å². The van der Waals surface area contributed by atoms with E-state index in [4.69, 9.17) is 4.74 Å². The number of fused-ring (bicyclic) bond motifs is 2. The van der Waals surface area contributed by atoms with E-state index in [1.54, 1.807) is 0 Å². The number of para-hydroxylation sites is 1. The minimum absolute atomic E-state index is 0.392. The number of hydrogen-bond acceptors (Lipinski definition) is 4. The number of esters is 1. The van der Waals surface area contributed by atoms with Gasteiger partial charge in [-0.05, 0) is 44.2 Å². The highest BCUT2D eigenvalue weighted by molar-refractivity contribution is 7.17. The molecule has 2 amide bonds. The van der Waals surface area contributed by atoms with Crippen molar-refractivity contribution in [3.63, 3.8) is 0 Å². The van der Waals surface area contributed by atoms with E-state index >= 15 is 0 Å². The SMILES string of the molecule is COC(=O)c1c(NC(=O)Nc2c(-c3ccc(C)cc3)[nH]c3ccccc23)sc2c1CCCC2. The molecule has 0 unspecified atom stereocenters. The first kappa shape index (κ1) is 21.3. The van der Waals surface area contributed by atoms with Gasteiger partial charge in [-0.3, -0.25) is 5.32 Å². The number of ether oxygens (including phenoxy) is 1. The molecule has 5 rings (SSSR count). The van der Waals surface area contributed by atoms with Crippen molar-refractivity contribution in [2.45, 2.75) is 32.6 Å². The van der Waals surface area contributed by atoms with Gasteiger partial charge in [-0.2, -0.15) is 0 Å². The van der Waals surface area contributed by atoms with Crippen LogP contribution in [0.2, 0.25) is 0 Å². The van der Waals surface area contributed by atoms with Crippen LogP contribution >= 0.6 is 11.3 Å². The highest BCUT2D eigenvalue weighted by Crippen LogP contribution is 2.39. The summed E-state index contributed by atoms with van der Waals surface area (Å²) in [5.41, 5.74) is 6.13. The van der Waals surface area contributed by atoms with Gasteiger partial charge in [-0.25, -0.2) is 9.59 Å². The van der Waals surface area contributed by atoms with E-state index in [1.165, 1.54) is 24.0 Å². The molecular weight excluding hydrogens is 434 g/mol. The summed E-state index contributed by atoms with van der Waals surface area (Å²) in [6, 6.07) is 15.6. The topological polar surface area (TPSA) is 83.2 Å². The molecular formula is C26H25N3O3S. The third-order valence-corrected chi connectivity index (χ3v) is 7.28. The second kappa shape index (κ2) is 8.75. The maximum atomic E-state index is 13.2. The van der Waals surface area contributed by atoms with Gasteiger partial charge in [0.05, 0.1) is 24.1 Å². The number of carbonyl (C=O) groups is 2. The molecule has 0 aliphatic heterocycles. The molecule has 2 aromatic heterocycles. The summed E-state index contributed by atoms with van der Waals surface area (Å²) in [7, 11) is 1.37. The second-order valence-corrected chi connectivity index (χ2v) is 9.38. The fourth-order valence-electron chi connectivity index (χ4n) is 4.43. The number of thiophene rings is 1. The molecule has 0 bridgehead atoms. The van der Waals surface area contributed by atoms with E-state index in [-0.39, 0.29) is 0 Å². The van der Waals surface area contributed by atoms with Crippen LogP contribution in [0.3, 0.4) is 0 Å². The predicted molar refractivity (Wildman–Crippen MR) is 133 cm³/mol. The number of aromatic nitrogens is 1. The van der Waals surface area contributed by atoms with Gasteiger partial charge in [0.25, 0.3) is 0 Å². The Morgan fingerprint density at radius 2 is 1.76 bits per heavy atom. The van der Waals surface area contributed by atoms with Crippen LogP contribution in [0.4, 0.5) is 15.5 Å². The molecule has 0 spiro atoms. The highest BCUT2D eigenvalue weighted by atomic mass is 32.1. The van der Waals surface area contributed by atoms with Crippen LogP contribution in [0, 0.1) is 6.92 Å². The number of aryl methyl sites for hydroxylation is 2. The Labute approximate surface area is 196 Å². The van der Waals surface area contributed by atoms with Crippen LogP contribution in [-0.2, 0) is 17.6 Å². The fraction of sp³-hybridized carbons (Fsp3) is 0.231. The molecule has 0 saturated carbocycles. The monoisotopic (exact) mass is 459 g/mol. The van der Waals surface area contributed by atoms with E-state index < -0.39 is 12.0 Å². The third-order valence-electron chi connectivity index (χ3n) is 6.07. The Hall–Kier alpha value is -3.58.